The van der Waals surface area contributed by atoms with Gasteiger partial charge in [0.15, 0.2) is 9.84 Å². The van der Waals surface area contributed by atoms with Gasteiger partial charge in [-0.1, -0.05) is 18.2 Å². The molecule has 83 valence electrons. The standard InChI is InChI=1S/C8H9O5S2/c9-14(10,6-7-15(11,12)13)8-4-2-1-3-5-8/h1-4H,6-7H2,(H,11,12,13). The zero-order chi connectivity index (χ0) is 11.5. The Morgan fingerprint density at radius 3 is 2.27 bits per heavy atom. The van der Waals surface area contributed by atoms with E-state index >= 15 is 0 Å². The molecule has 0 aliphatic heterocycles. The molecule has 1 aromatic carbocycles. The average Bonchev–Trinajstić information content (AvgIpc) is 2.16. The molecule has 0 aromatic heterocycles. The second kappa shape index (κ2) is 4.30. The van der Waals surface area contributed by atoms with Gasteiger partial charge in [0.2, 0.25) is 0 Å². The van der Waals surface area contributed by atoms with Gasteiger partial charge in [0.1, 0.15) is 0 Å². The third kappa shape index (κ3) is 3.98. The summed E-state index contributed by atoms with van der Waals surface area (Å²) in [6, 6.07) is 8.33. The van der Waals surface area contributed by atoms with Crippen LogP contribution in [0.2, 0.25) is 0 Å². The maximum atomic E-state index is 11.5. The molecule has 1 N–H and O–H groups in total. The molecular weight excluding hydrogens is 240 g/mol. The predicted molar refractivity (Wildman–Crippen MR) is 53.7 cm³/mol. The molecule has 0 amide bonds. The van der Waals surface area contributed by atoms with Gasteiger partial charge in [0.25, 0.3) is 10.1 Å². The number of benzene rings is 1. The van der Waals surface area contributed by atoms with Crippen LogP contribution in [-0.4, -0.2) is 32.9 Å². The molecule has 1 rings (SSSR count). The lowest BCUT2D eigenvalue weighted by Crippen LogP contribution is -2.16. The minimum absolute atomic E-state index is 0.0753. The molecule has 1 aromatic rings. The highest BCUT2D eigenvalue weighted by molar-refractivity contribution is 7.93. The van der Waals surface area contributed by atoms with Crippen LogP contribution in [0.4, 0.5) is 0 Å². The molecule has 0 heterocycles. The Morgan fingerprint density at radius 2 is 1.80 bits per heavy atom. The number of sulfone groups is 1. The predicted octanol–water partition coefficient (Wildman–Crippen LogP) is 0.148. The monoisotopic (exact) mass is 249 g/mol. The van der Waals surface area contributed by atoms with Crippen LogP contribution in [0.1, 0.15) is 0 Å². The summed E-state index contributed by atoms with van der Waals surface area (Å²) in [5.41, 5.74) is 0. The zero-order valence-electron chi connectivity index (χ0n) is 7.62. The first-order valence-corrected chi connectivity index (χ1v) is 7.22. The van der Waals surface area contributed by atoms with Crippen molar-refractivity contribution in [3.63, 3.8) is 0 Å². The molecule has 0 saturated carbocycles. The summed E-state index contributed by atoms with van der Waals surface area (Å²) in [6.07, 6.45) is 0. The number of hydrogen-bond donors (Lipinski definition) is 1. The fraction of sp³-hybridized carbons (Fsp3) is 0.250. The van der Waals surface area contributed by atoms with Crippen LogP contribution in [0.5, 0.6) is 0 Å². The Hall–Kier alpha value is -0.920. The first kappa shape index (κ1) is 12.2. The number of rotatable bonds is 4. The van der Waals surface area contributed by atoms with Gasteiger partial charge in [-0.25, -0.2) is 8.42 Å². The Kier molecular flexibility index (Phi) is 3.48. The summed E-state index contributed by atoms with van der Waals surface area (Å²) in [6.45, 7) is 0. The molecule has 0 aliphatic carbocycles. The van der Waals surface area contributed by atoms with Gasteiger partial charge in [-0.05, 0) is 6.07 Å². The topological polar surface area (TPSA) is 88.5 Å². The van der Waals surface area contributed by atoms with Crippen LogP contribution in [-0.2, 0) is 20.0 Å². The molecule has 0 bridgehead atoms. The molecule has 0 saturated heterocycles. The molecule has 0 spiro atoms. The van der Waals surface area contributed by atoms with Crippen LogP contribution in [0, 0.1) is 6.07 Å². The maximum absolute atomic E-state index is 11.5. The van der Waals surface area contributed by atoms with Crippen molar-refractivity contribution in [1.29, 1.82) is 0 Å². The van der Waals surface area contributed by atoms with Crippen molar-refractivity contribution in [2.24, 2.45) is 0 Å². The van der Waals surface area contributed by atoms with Gasteiger partial charge in [-0.15, -0.1) is 0 Å². The lowest BCUT2D eigenvalue weighted by Gasteiger charge is -2.01. The Morgan fingerprint density at radius 1 is 1.13 bits per heavy atom. The van der Waals surface area contributed by atoms with E-state index in [4.69, 9.17) is 4.55 Å². The molecule has 0 unspecified atom stereocenters. The van der Waals surface area contributed by atoms with E-state index in [0.29, 0.717) is 0 Å². The van der Waals surface area contributed by atoms with Crippen LogP contribution < -0.4 is 0 Å². The van der Waals surface area contributed by atoms with Gasteiger partial charge in [0.05, 0.1) is 16.4 Å². The zero-order valence-corrected chi connectivity index (χ0v) is 9.25. The average molecular weight is 249 g/mol. The van der Waals surface area contributed by atoms with E-state index in [1.165, 1.54) is 18.2 Å². The highest BCUT2D eigenvalue weighted by Gasteiger charge is 2.17. The van der Waals surface area contributed by atoms with E-state index < -0.39 is 31.5 Å². The van der Waals surface area contributed by atoms with Crippen molar-refractivity contribution in [2.45, 2.75) is 4.90 Å². The fourth-order valence-corrected chi connectivity index (χ4v) is 3.37. The lowest BCUT2D eigenvalue weighted by molar-refractivity contribution is 0.484. The SMILES string of the molecule is O=S(=O)(O)CCS(=O)(=O)c1[c]cccc1. The highest BCUT2D eigenvalue weighted by atomic mass is 32.2. The van der Waals surface area contributed by atoms with Crippen molar-refractivity contribution < 1.29 is 21.4 Å². The van der Waals surface area contributed by atoms with E-state index in [1.54, 1.807) is 6.07 Å². The number of hydrogen-bond acceptors (Lipinski definition) is 4. The fourth-order valence-electron chi connectivity index (χ4n) is 0.895. The van der Waals surface area contributed by atoms with Crippen LogP contribution in [0.3, 0.4) is 0 Å². The third-order valence-corrected chi connectivity index (χ3v) is 4.27. The Bertz CT molecular complexity index is 515. The summed E-state index contributed by atoms with van der Waals surface area (Å²) in [7, 11) is -7.95. The minimum Gasteiger partial charge on any atom is -0.286 e. The van der Waals surface area contributed by atoms with E-state index in [-0.39, 0.29) is 4.90 Å². The van der Waals surface area contributed by atoms with E-state index in [2.05, 4.69) is 6.07 Å². The summed E-state index contributed by atoms with van der Waals surface area (Å²) in [4.78, 5) is -0.0753. The quantitative estimate of drug-likeness (QED) is 0.767. The smallest absolute Gasteiger partial charge is 0.265 e. The highest BCUT2D eigenvalue weighted by Crippen LogP contribution is 2.09. The molecule has 7 heteroatoms. The van der Waals surface area contributed by atoms with Crippen LogP contribution >= 0.6 is 0 Å². The molecule has 0 atom stereocenters. The minimum atomic E-state index is -4.26. The Balaban J connectivity index is 2.87. The molecule has 15 heavy (non-hydrogen) atoms. The van der Waals surface area contributed by atoms with E-state index in [1.807, 2.05) is 0 Å². The summed E-state index contributed by atoms with van der Waals surface area (Å²) >= 11 is 0. The molecular formula is C8H9O5S2. The normalized spacial score (nSPS) is 12.6. The van der Waals surface area contributed by atoms with E-state index in [9.17, 15) is 16.8 Å². The largest absolute Gasteiger partial charge is 0.286 e. The van der Waals surface area contributed by atoms with E-state index in [0.717, 1.165) is 0 Å². The first-order chi connectivity index (χ1) is 6.81. The third-order valence-electron chi connectivity index (χ3n) is 1.63. The van der Waals surface area contributed by atoms with Gasteiger partial charge < -0.3 is 0 Å². The van der Waals surface area contributed by atoms with Gasteiger partial charge in [-0.3, -0.25) is 4.55 Å². The maximum Gasteiger partial charge on any atom is 0.265 e. The van der Waals surface area contributed by atoms with Crippen molar-refractivity contribution in [3.05, 3.63) is 30.3 Å². The first-order valence-electron chi connectivity index (χ1n) is 3.96. The Labute approximate surface area is 88.4 Å². The van der Waals surface area contributed by atoms with Crippen molar-refractivity contribution in [2.75, 3.05) is 11.5 Å². The van der Waals surface area contributed by atoms with Crippen molar-refractivity contribution >= 4 is 20.0 Å². The van der Waals surface area contributed by atoms with Crippen LogP contribution in [0.15, 0.2) is 29.2 Å². The van der Waals surface area contributed by atoms with Gasteiger partial charge in [0, 0.05) is 6.07 Å². The second-order valence-corrected chi connectivity index (χ2v) is 6.48. The van der Waals surface area contributed by atoms with Crippen molar-refractivity contribution in [3.8, 4) is 0 Å². The molecule has 5 nitrogen and oxygen atoms in total. The molecule has 1 radical (unpaired) electrons. The second-order valence-electron chi connectivity index (χ2n) is 2.83. The summed E-state index contributed by atoms with van der Waals surface area (Å²) in [5.74, 6) is -1.45. The van der Waals surface area contributed by atoms with Gasteiger partial charge >= 0.3 is 0 Å². The molecule has 0 aliphatic rings. The summed E-state index contributed by atoms with van der Waals surface area (Å²) < 4.78 is 52.1. The lowest BCUT2D eigenvalue weighted by atomic mass is 10.4. The van der Waals surface area contributed by atoms with Crippen LogP contribution in [0.25, 0.3) is 0 Å². The summed E-state index contributed by atoms with van der Waals surface area (Å²) in [5, 5.41) is 0. The molecule has 0 fully saturated rings. The van der Waals surface area contributed by atoms with Gasteiger partial charge in [-0.2, -0.15) is 8.42 Å². The van der Waals surface area contributed by atoms with Crippen molar-refractivity contribution in [1.82, 2.24) is 0 Å².